The zero-order valence-electron chi connectivity index (χ0n) is 19.7. The molecule has 2 amide bonds. The average Bonchev–Trinajstić information content (AvgIpc) is 3.12. The number of amides is 2. The predicted octanol–water partition coefficient (Wildman–Crippen LogP) is 1.28. The second-order valence-electron chi connectivity index (χ2n) is 7.34. The van der Waals surface area contributed by atoms with Crippen LogP contribution in [0.2, 0.25) is 0 Å². The van der Waals surface area contributed by atoms with Crippen molar-refractivity contribution in [1.29, 1.82) is 0 Å². The molecule has 0 spiro atoms. The van der Waals surface area contributed by atoms with E-state index in [1.165, 1.54) is 10.0 Å². The van der Waals surface area contributed by atoms with E-state index >= 15 is 0 Å². The lowest BCUT2D eigenvalue weighted by Gasteiger charge is -2.27. The van der Waals surface area contributed by atoms with Crippen LogP contribution in [-0.2, 0) is 20.8 Å². The standard InChI is InChI=1S/C22H19BN2O4.C2H7N.CH2O.H2S/c26-21-20(15-16-11-13-17(14-12-16)23(28)29)22(27)25(19-9-5-2-6-10-19)24(21)18-7-3-1-4-8-18;1-3-2;1-2;/h1-14,20,28-29H,15H2;3H,1-2H3;1H2;1H2. The van der Waals surface area contributed by atoms with E-state index in [1.54, 1.807) is 48.5 Å². The smallest absolute Gasteiger partial charge is 0.423 e. The molecule has 0 bridgehead atoms. The van der Waals surface area contributed by atoms with Gasteiger partial charge in [-0.25, -0.2) is 10.0 Å². The number of carbonyl (C=O) groups excluding carboxylic acids is 3. The minimum Gasteiger partial charge on any atom is -0.423 e. The van der Waals surface area contributed by atoms with E-state index in [9.17, 15) is 19.6 Å². The Morgan fingerprint density at radius 1 is 0.771 bits per heavy atom. The van der Waals surface area contributed by atoms with Gasteiger partial charge < -0.3 is 20.2 Å². The molecule has 0 atom stereocenters. The summed E-state index contributed by atoms with van der Waals surface area (Å²) in [7, 11) is 2.20. The Morgan fingerprint density at radius 2 is 1.14 bits per heavy atom. The molecule has 0 aliphatic carbocycles. The number of hydrogen-bond acceptors (Lipinski definition) is 6. The van der Waals surface area contributed by atoms with Gasteiger partial charge in [0.1, 0.15) is 12.7 Å². The molecule has 0 unspecified atom stereocenters. The number of hydrogen-bond donors (Lipinski definition) is 3. The number of rotatable bonds is 5. The summed E-state index contributed by atoms with van der Waals surface area (Å²) in [5.41, 5.74) is 2.37. The minimum atomic E-state index is -1.55. The van der Waals surface area contributed by atoms with Gasteiger partial charge in [0, 0.05) is 0 Å². The molecule has 3 aromatic carbocycles. The quantitative estimate of drug-likeness (QED) is 0.364. The van der Waals surface area contributed by atoms with E-state index in [2.05, 4.69) is 5.32 Å². The van der Waals surface area contributed by atoms with Crippen molar-refractivity contribution in [3.8, 4) is 0 Å². The second kappa shape index (κ2) is 14.7. The maximum absolute atomic E-state index is 13.3. The third-order valence-corrected chi connectivity index (χ3v) is 4.93. The summed E-state index contributed by atoms with van der Waals surface area (Å²) in [5, 5.41) is 24.1. The van der Waals surface area contributed by atoms with Crippen molar-refractivity contribution < 1.29 is 24.4 Å². The molecule has 1 aliphatic rings. The van der Waals surface area contributed by atoms with Gasteiger partial charge in [-0.2, -0.15) is 13.5 Å². The lowest BCUT2D eigenvalue weighted by atomic mass is 9.80. The highest BCUT2D eigenvalue weighted by atomic mass is 32.1. The Bertz CT molecular complexity index is 998. The SMILES string of the molecule is C=O.CNC.O=C1C(Cc2ccc(B(O)O)cc2)C(=O)N(c2ccccc2)N1c1ccccc1.S. The molecule has 8 nitrogen and oxygen atoms in total. The van der Waals surface area contributed by atoms with Crippen LogP contribution in [0.1, 0.15) is 5.56 Å². The van der Waals surface area contributed by atoms with E-state index in [0.717, 1.165) is 5.56 Å². The van der Waals surface area contributed by atoms with Crippen LogP contribution in [0.5, 0.6) is 0 Å². The summed E-state index contributed by atoms with van der Waals surface area (Å²) in [6.07, 6.45) is 0.228. The first-order valence-corrected chi connectivity index (χ1v) is 10.6. The lowest BCUT2D eigenvalue weighted by Crippen LogP contribution is -2.41. The maximum Gasteiger partial charge on any atom is 0.488 e. The van der Waals surface area contributed by atoms with Crippen LogP contribution in [0.15, 0.2) is 84.9 Å². The van der Waals surface area contributed by atoms with Crippen LogP contribution in [0.25, 0.3) is 0 Å². The van der Waals surface area contributed by atoms with E-state index in [1.807, 2.05) is 57.3 Å². The zero-order chi connectivity index (χ0) is 25.1. The summed E-state index contributed by atoms with van der Waals surface area (Å²) >= 11 is 0. The zero-order valence-corrected chi connectivity index (χ0v) is 20.7. The summed E-state index contributed by atoms with van der Waals surface area (Å²) < 4.78 is 0. The van der Waals surface area contributed by atoms with E-state index in [4.69, 9.17) is 4.79 Å². The Labute approximate surface area is 212 Å². The van der Waals surface area contributed by atoms with Gasteiger partial charge >= 0.3 is 7.12 Å². The molecule has 35 heavy (non-hydrogen) atoms. The first-order chi connectivity index (χ1) is 16.5. The van der Waals surface area contributed by atoms with Crippen LogP contribution >= 0.6 is 13.5 Å². The predicted molar refractivity (Wildman–Crippen MR) is 144 cm³/mol. The maximum atomic E-state index is 13.3. The topological polar surface area (TPSA) is 110 Å². The van der Waals surface area contributed by atoms with Crippen molar-refractivity contribution in [2.45, 2.75) is 6.42 Å². The van der Waals surface area contributed by atoms with Crippen molar-refractivity contribution in [1.82, 2.24) is 5.32 Å². The van der Waals surface area contributed by atoms with E-state index in [-0.39, 0.29) is 31.7 Å². The Balaban J connectivity index is 0.000000950. The molecule has 3 N–H and O–H groups in total. The first kappa shape index (κ1) is 29.6. The molecule has 10 heteroatoms. The molecule has 4 rings (SSSR count). The third kappa shape index (κ3) is 7.27. The number of para-hydroxylation sites is 2. The highest BCUT2D eigenvalue weighted by Crippen LogP contribution is 2.33. The highest BCUT2D eigenvalue weighted by Gasteiger charge is 2.46. The molecule has 184 valence electrons. The summed E-state index contributed by atoms with van der Waals surface area (Å²) in [6.45, 7) is 2.00. The van der Waals surface area contributed by atoms with Crippen LogP contribution in [0.4, 0.5) is 11.4 Å². The fourth-order valence-corrected chi connectivity index (χ4v) is 3.46. The number of benzene rings is 3. The molecule has 1 aliphatic heterocycles. The number of nitrogens with zero attached hydrogens (tertiary/aromatic N) is 2. The number of anilines is 2. The van der Waals surface area contributed by atoms with Gasteiger partial charge in [0.2, 0.25) is 0 Å². The molecular formula is C25H30BN3O5S. The van der Waals surface area contributed by atoms with Gasteiger partial charge in [-0.3, -0.25) is 9.59 Å². The van der Waals surface area contributed by atoms with Crippen molar-refractivity contribution >= 4 is 56.1 Å². The summed E-state index contributed by atoms with van der Waals surface area (Å²) in [5.74, 6) is -1.45. The number of nitrogens with one attached hydrogen (secondary N) is 1. The molecule has 1 fully saturated rings. The van der Waals surface area contributed by atoms with Crippen molar-refractivity contribution in [2.24, 2.45) is 5.92 Å². The van der Waals surface area contributed by atoms with E-state index in [0.29, 0.717) is 16.8 Å². The van der Waals surface area contributed by atoms with Crippen molar-refractivity contribution in [2.75, 3.05) is 24.1 Å². The fourth-order valence-electron chi connectivity index (χ4n) is 3.46. The largest absolute Gasteiger partial charge is 0.488 e. The van der Waals surface area contributed by atoms with Gasteiger partial charge in [-0.05, 0) is 55.8 Å². The Kier molecular flexibility index (Phi) is 12.5. The normalized spacial score (nSPS) is 12.7. The van der Waals surface area contributed by atoms with Gasteiger partial charge in [-0.15, -0.1) is 0 Å². The monoisotopic (exact) mass is 495 g/mol. The molecule has 1 saturated heterocycles. The molecule has 0 radical (unpaired) electrons. The van der Waals surface area contributed by atoms with Crippen LogP contribution in [0.3, 0.4) is 0 Å². The Morgan fingerprint density at radius 3 is 1.49 bits per heavy atom. The van der Waals surface area contributed by atoms with Gasteiger partial charge in [0.15, 0.2) is 0 Å². The van der Waals surface area contributed by atoms with Crippen LogP contribution in [0, 0.1) is 5.92 Å². The van der Waals surface area contributed by atoms with Crippen LogP contribution in [-0.4, -0.2) is 49.9 Å². The van der Waals surface area contributed by atoms with E-state index < -0.39 is 13.0 Å². The highest BCUT2D eigenvalue weighted by molar-refractivity contribution is 7.59. The fraction of sp³-hybridized carbons (Fsp3) is 0.160. The van der Waals surface area contributed by atoms with Gasteiger partial charge in [0.25, 0.3) is 11.8 Å². The minimum absolute atomic E-state index is 0. The summed E-state index contributed by atoms with van der Waals surface area (Å²) in [4.78, 5) is 34.5. The third-order valence-electron chi connectivity index (χ3n) is 4.93. The van der Waals surface area contributed by atoms with Crippen molar-refractivity contribution in [3.63, 3.8) is 0 Å². The first-order valence-electron chi connectivity index (χ1n) is 10.6. The van der Waals surface area contributed by atoms with Crippen LogP contribution < -0.4 is 20.8 Å². The summed E-state index contributed by atoms with van der Waals surface area (Å²) in [6, 6.07) is 24.7. The molecule has 0 saturated carbocycles. The molecular weight excluding hydrogens is 465 g/mol. The Hall–Kier alpha value is -3.44. The molecule has 1 heterocycles. The molecule has 3 aromatic rings. The van der Waals surface area contributed by atoms with Gasteiger partial charge in [0.05, 0.1) is 11.4 Å². The molecule has 0 aromatic heterocycles. The second-order valence-corrected chi connectivity index (χ2v) is 7.34. The average molecular weight is 495 g/mol. The van der Waals surface area contributed by atoms with Crippen molar-refractivity contribution in [3.05, 3.63) is 90.5 Å². The number of carbonyl (C=O) groups is 3. The van der Waals surface area contributed by atoms with Gasteiger partial charge in [-0.1, -0.05) is 60.7 Å². The number of hydrazine groups is 1. The lowest BCUT2D eigenvalue weighted by molar-refractivity contribution is -0.126.